The normalized spacial score (nSPS) is 10.9. The van der Waals surface area contributed by atoms with Crippen LogP contribution >= 0.6 is 27.5 Å². The molecule has 0 atom stereocenters. The fraction of sp³-hybridized carbons (Fsp3) is 0.0455. The molecule has 4 aromatic rings. The van der Waals surface area contributed by atoms with E-state index in [4.69, 9.17) is 16.3 Å². The Labute approximate surface area is 175 Å². The van der Waals surface area contributed by atoms with Crippen molar-refractivity contribution < 1.29 is 14.6 Å². The topological polar surface area (TPSA) is 51.5 Å². The summed E-state index contributed by atoms with van der Waals surface area (Å²) in [5.74, 6) is -0.212. The molecular weight excluding hydrogens is 442 g/mol. The third kappa shape index (κ3) is 3.63. The minimum absolute atomic E-state index is 0.0871. The van der Waals surface area contributed by atoms with E-state index >= 15 is 0 Å². The summed E-state index contributed by atoms with van der Waals surface area (Å²) in [5, 5.41) is 11.2. The number of ether oxygens (including phenoxy) is 1. The van der Waals surface area contributed by atoms with Gasteiger partial charge in [-0.15, -0.1) is 0 Å². The molecule has 6 heteroatoms. The predicted octanol–water partition coefficient (Wildman–Crippen LogP) is 6.60. The maximum absolute atomic E-state index is 12.2. The van der Waals surface area contributed by atoms with E-state index in [1.54, 1.807) is 28.8 Å². The molecule has 1 N–H and O–H groups in total. The highest BCUT2D eigenvalue weighted by Crippen LogP contribution is 2.38. The fourth-order valence-corrected chi connectivity index (χ4v) is 3.59. The first-order valence-corrected chi connectivity index (χ1v) is 9.72. The van der Waals surface area contributed by atoms with E-state index in [-0.39, 0.29) is 11.4 Å². The number of para-hydroxylation sites is 1. The van der Waals surface area contributed by atoms with Crippen LogP contribution in [0.3, 0.4) is 0 Å². The molecule has 0 aliphatic heterocycles. The van der Waals surface area contributed by atoms with Gasteiger partial charge in [0.05, 0.1) is 5.52 Å². The van der Waals surface area contributed by atoms with Gasteiger partial charge in [0.2, 0.25) is 0 Å². The first kappa shape index (κ1) is 18.6. The molecule has 1 aromatic heterocycles. The van der Waals surface area contributed by atoms with Gasteiger partial charge >= 0.3 is 5.97 Å². The molecule has 3 aromatic carbocycles. The lowest BCUT2D eigenvalue weighted by molar-refractivity contribution is 0.0683. The first-order chi connectivity index (χ1) is 13.5. The summed E-state index contributed by atoms with van der Waals surface area (Å²) in [7, 11) is 0. The van der Waals surface area contributed by atoms with Crippen LogP contribution in [0.4, 0.5) is 0 Å². The Bertz CT molecular complexity index is 1150. The zero-order valence-corrected chi connectivity index (χ0v) is 16.9. The maximum Gasteiger partial charge on any atom is 0.356 e. The van der Waals surface area contributed by atoms with Crippen molar-refractivity contribution in [1.82, 2.24) is 4.57 Å². The molecule has 4 rings (SSSR count). The summed E-state index contributed by atoms with van der Waals surface area (Å²) >= 11 is 9.62. The number of rotatable bonds is 5. The molecule has 0 spiro atoms. The van der Waals surface area contributed by atoms with Crippen LogP contribution in [-0.4, -0.2) is 15.6 Å². The fourth-order valence-electron chi connectivity index (χ4n) is 3.15. The quantitative estimate of drug-likeness (QED) is 0.368. The Morgan fingerprint density at radius 2 is 1.75 bits per heavy atom. The Morgan fingerprint density at radius 3 is 2.43 bits per heavy atom. The molecule has 0 radical (unpaired) electrons. The van der Waals surface area contributed by atoms with Gasteiger partial charge in [-0.1, -0.05) is 57.9 Å². The van der Waals surface area contributed by atoms with E-state index in [1.807, 2.05) is 48.5 Å². The summed E-state index contributed by atoms with van der Waals surface area (Å²) in [4.78, 5) is 12.2. The van der Waals surface area contributed by atoms with Crippen LogP contribution in [0.15, 0.2) is 77.3 Å². The highest BCUT2D eigenvalue weighted by Gasteiger charge is 2.25. The van der Waals surface area contributed by atoms with Crippen LogP contribution in [-0.2, 0) is 6.54 Å². The van der Waals surface area contributed by atoms with Gasteiger partial charge in [-0.3, -0.25) is 0 Å². The van der Waals surface area contributed by atoms with Crippen LogP contribution in [0.1, 0.15) is 16.1 Å². The highest BCUT2D eigenvalue weighted by molar-refractivity contribution is 9.10. The van der Waals surface area contributed by atoms with Crippen molar-refractivity contribution in [1.29, 1.82) is 0 Å². The molecule has 0 fully saturated rings. The van der Waals surface area contributed by atoms with E-state index in [1.165, 1.54) is 0 Å². The number of hydrogen-bond donors (Lipinski definition) is 1. The van der Waals surface area contributed by atoms with Crippen LogP contribution < -0.4 is 4.74 Å². The summed E-state index contributed by atoms with van der Waals surface area (Å²) in [6.45, 7) is 0.394. The smallest absolute Gasteiger partial charge is 0.356 e. The van der Waals surface area contributed by atoms with Gasteiger partial charge in [-0.25, -0.2) is 4.79 Å². The van der Waals surface area contributed by atoms with Crippen LogP contribution in [0.25, 0.3) is 10.9 Å². The van der Waals surface area contributed by atoms with Crippen molar-refractivity contribution in [3.05, 3.63) is 93.5 Å². The minimum Gasteiger partial charge on any atom is -0.476 e. The average molecular weight is 457 g/mol. The molecule has 0 saturated heterocycles. The summed E-state index contributed by atoms with van der Waals surface area (Å²) in [5.41, 5.74) is 1.81. The number of aromatic carboxylic acids is 1. The van der Waals surface area contributed by atoms with Gasteiger partial charge in [0.1, 0.15) is 5.75 Å². The third-order valence-corrected chi connectivity index (χ3v) is 5.16. The highest BCUT2D eigenvalue weighted by atomic mass is 79.9. The molecule has 1 heterocycles. The van der Waals surface area contributed by atoms with Gasteiger partial charge in [-0.2, -0.15) is 0 Å². The van der Waals surface area contributed by atoms with Crippen molar-refractivity contribution in [3.63, 3.8) is 0 Å². The number of carboxylic acid groups (broad SMARTS) is 1. The minimum atomic E-state index is -1.06. The summed E-state index contributed by atoms with van der Waals surface area (Å²) in [6.07, 6.45) is 0. The molecule has 0 amide bonds. The molecular formula is C22H15BrClNO3. The van der Waals surface area contributed by atoms with Crippen molar-refractivity contribution in [2.45, 2.75) is 6.54 Å². The zero-order valence-electron chi connectivity index (χ0n) is 14.6. The number of carboxylic acids is 1. The average Bonchev–Trinajstić information content (AvgIpc) is 2.97. The lowest BCUT2D eigenvalue weighted by Crippen LogP contribution is -2.10. The van der Waals surface area contributed by atoms with Crippen LogP contribution in [0.5, 0.6) is 11.5 Å². The number of aromatic nitrogens is 1. The number of carbonyl (C=O) groups is 1. The molecule has 0 saturated carbocycles. The van der Waals surface area contributed by atoms with E-state index in [0.717, 1.165) is 15.6 Å². The van der Waals surface area contributed by atoms with E-state index in [0.29, 0.717) is 22.7 Å². The molecule has 0 unspecified atom stereocenters. The molecule has 0 aliphatic rings. The molecule has 28 heavy (non-hydrogen) atoms. The van der Waals surface area contributed by atoms with E-state index in [2.05, 4.69) is 15.9 Å². The lowest BCUT2D eigenvalue weighted by atomic mass is 10.2. The largest absolute Gasteiger partial charge is 0.476 e. The third-order valence-electron chi connectivity index (χ3n) is 4.40. The SMILES string of the molecule is O=C(O)c1c(Oc2ccccc2)c2cc(Cl)ccc2n1Cc1ccc(Br)cc1. The van der Waals surface area contributed by atoms with Gasteiger partial charge in [0.15, 0.2) is 11.4 Å². The second kappa shape index (κ2) is 7.70. The van der Waals surface area contributed by atoms with Crippen LogP contribution in [0, 0.1) is 0 Å². The van der Waals surface area contributed by atoms with Crippen molar-refractivity contribution in [2.24, 2.45) is 0 Å². The number of halogens is 2. The second-order valence-corrected chi connectivity index (χ2v) is 7.62. The number of nitrogens with zero attached hydrogens (tertiary/aromatic N) is 1. The Kier molecular flexibility index (Phi) is 5.11. The van der Waals surface area contributed by atoms with Gasteiger partial charge in [0.25, 0.3) is 0 Å². The molecule has 140 valence electrons. The first-order valence-electron chi connectivity index (χ1n) is 8.55. The molecule has 0 bridgehead atoms. The van der Waals surface area contributed by atoms with Crippen LogP contribution in [0.2, 0.25) is 5.02 Å². The Morgan fingerprint density at radius 1 is 1.04 bits per heavy atom. The molecule has 4 nitrogen and oxygen atoms in total. The Hall–Kier alpha value is -2.76. The standard InChI is InChI=1S/C22H15BrClNO3/c23-15-8-6-14(7-9-15)13-25-19-11-10-16(24)12-18(19)21(20(25)22(26)27)28-17-4-2-1-3-5-17/h1-12H,13H2,(H,26,27). The van der Waals surface area contributed by atoms with Gasteiger partial charge in [0, 0.05) is 21.4 Å². The Balaban J connectivity index is 1.91. The van der Waals surface area contributed by atoms with Gasteiger partial charge in [-0.05, 0) is 48.0 Å². The monoisotopic (exact) mass is 455 g/mol. The van der Waals surface area contributed by atoms with Gasteiger partial charge < -0.3 is 14.4 Å². The number of hydrogen-bond acceptors (Lipinski definition) is 2. The number of fused-ring (bicyclic) bond motifs is 1. The summed E-state index contributed by atoms with van der Waals surface area (Å²) < 4.78 is 8.72. The van der Waals surface area contributed by atoms with E-state index in [9.17, 15) is 9.90 Å². The maximum atomic E-state index is 12.2. The molecule has 0 aliphatic carbocycles. The van der Waals surface area contributed by atoms with Crippen molar-refractivity contribution in [3.8, 4) is 11.5 Å². The van der Waals surface area contributed by atoms with E-state index < -0.39 is 5.97 Å². The van der Waals surface area contributed by atoms with Crippen molar-refractivity contribution >= 4 is 44.4 Å². The zero-order chi connectivity index (χ0) is 19.7. The number of benzene rings is 3. The lowest BCUT2D eigenvalue weighted by Gasteiger charge is -2.10. The van der Waals surface area contributed by atoms with Crippen molar-refractivity contribution in [2.75, 3.05) is 0 Å². The summed E-state index contributed by atoms with van der Waals surface area (Å²) in [6, 6.07) is 22.2. The second-order valence-electron chi connectivity index (χ2n) is 6.27. The predicted molar refractivity (Wildman–Crippen MR) is 114 cm³/mol.